The Morgan fingerprint density at radius 2 is 1.45 bits per heavy atom. The Labute approximate surface area is 207 Å². The molecule has 0 heterocycles. The zero-order valence-corrected chi connectivity index (χ0v) is 20.8. The first-order valence-electron chi connectivity index (χ1n) is 11.4. The fourth-order valence-corrected chi connectivity index (χ4v) is 5.02. The molecular weight excluding hydrogens is 457 g/mol. The maximum atomic E-state index is 13.5. The molecule has 176 valence electrons. The molecule has 2 aliphatic carbocycles. The van der Waals surface area contributed by atoms with Crippen molar-refractivity contribution >= 4 is 35.6 Å². The summed E-state index contributed by atoms with van der Waals surface area (Å²) in [5, 5.41) is 0.744. The van der Waals surface area contributed by atoms with Crippen molar-refractivity contribution in [1.82, 2.24) is 4.90 Å². The average molecular weight is 488 g/mol. The van der Waals surface area contributed by atoms with Crippen LogP contribution in [-0.4, -0.2) is 43.7 Å². The van der Waals surface area contributed by atoms with Gasteiger partial charge in [-0.05, 0) is 75.7 Å². The standard InChI is InChI=1S/C27H30ClNO3.ClH/c1-29(2)16-5-17-32-27-24(25(30)22-6-3-4-7-23(22)26(27)31)20-10-8-18(9-11-20)19-12-14-21(28)15-13-19;/h3-4,6-7,12-15,18,20H,5,8-11,16-17H2,1-2H3;1H/t18-,20-;. The largest absolute Gasteiger partial charge is 0.489 e. The lowest BCUT2D eigenvalue weighted by Crippen LogP contribution is -2.29. The average Bonchev–Trinajstić information content (AvgIpc) is 2.80. The maximum Gasteiger partial charge on any atom is 0.228 e. The van der Waals surface area contributed by atoms with Crippen LogP contribution in [0.5, 0.6) is 0 Å². The lowest BCUT2D eigenvalue weighted by Gasteiger charge is -2.32. The highest BCUT2D eigenvalue weighted by atomic mass is 35.5. The van der Waals surface area contributed by atoms with Crippen LogP contribution in [0.2, 0.25) is 5.02 Å². The number of rotatable bonds is 7. The normalized spacial score (nSPS) is 20.5. The van der Waals surface area contributed by atoms with E-state index in [0.29, 0.717) is 29.2 Å². The van der Waals surface area contributed by atoms with E-state index in [0.717, 1.165) is 43.7 Å². The zero-order valence-electron chi connectivity index (χ0n) is 19.2. The van der Waals surface area contributed by atoms with E-state index in [1.807, 2.05) is 32.3 Å². The van der Waals surface area contributed by atoms with Crippen molar-refractivity contribution in [1.29, 1.82) is 0 Å². The summed E-state index contributed by atoms with van der Waals surface area (Å²) in [7, 11) is 4.02. The predicted molar refractivity (Wildman–Crippen MR) is 135 cm³/mol. The fraction of sp³-hybridized carbons (Fsp3) is 0.407. The van der Waals surface area contributed by atoms with Crippen molar-refractivity contribution in [2.24, 2.45) is 5.92 Å². The lowest BCUT2D eigenvalue weighted by molar-refractivity contribution is 0.0848. The minimum absolute atomic E-state index is 0. The molecule has 0 aliphatic heterocycles. The summed E-state index contributed by atoms with van der Waals surface area (Å²) in [6, 6.07) is 15.2. The first-order chi connectivity index (χ1) is 15.5. The van der Waals surface area contributed by atoms with Gasteiger partial charge in [0.05, 0.1) is 6.61 Å². The SMILES string of the molecule is CN(C)CCCOC1=C([C@H]2CC[C@H](c3ccc(Cl)cc3)CC2)C(=O)c2ccccc2C1=O.Cl. The van der Waals surface area contributed by atoms with Gasteiger partial charge in [0.1, 0.15) is 0 Å². The Hall–Kier alpha value is -2.14. The second-order valence-corrected chi connectivity index (χ2v) is 9.49. The van der Waals surface area contributed by atoms with Gasteiger partial charge in [0.2, 0.25) is 5.78 Å². The molecule has 0 N–H and O–H groups in total. The molecule has 1 saturated carbocycles. The minimum Gasteiger partial charge on any atom is -0.489 e. The molecule has 0 radical (unpaired) electrons. The van der Waals surface area contributed by atoms with E-state index in [4.69, 9.17) is 16.3 Å². The van der Waals surface area contributed by atoms with Gasteiger partial charge in [0, 0.05) is 28.3 Å². The number of carbonyl (C=O) groups excluding carboxylic acids is 2. The van der Waals surface area contributed by atoms with Gasteiger partial charge in [0.15, 0.2) is 11.5 Å². The number of nitrogens with zero attached hydrogens (tertiary/aromatic N) is 1. The molecule has 0 amide bonds. The molecular formula is C27H31Cl2NO3. The van der Waals surface area contributed by atoms with Crippen molar-refractivity contribution in [2.45, 2.75) is 38.0 Å². The second-order valence-electron chi connectivity index (χ2n) is 9.05. The van der Waals surface area contributed by atoms with Crippen LogP contribution in [0.4, 0.5) is 0 Å². The number of halogens is 2. The molecule has 0 atom stereocenters. The van der Waals surface area contributed by atoms with Gasteiger partial charge >= 0.3 is 0 Å². The number of allylic oxidation sites excluding steroid dienone is 2. The van der Waals surface area contributed by atoms with Crippen LogP contribution in [-0.2, 0) is 4.74 Å². The van der Waals surface area contributed by atoms with Crippen molar-refractivity contribution in [2.75, 3.05) is 27.2 Å². The molecule has 6 heteroatoms. The van der Waals surface area contributed by atoms with Gasteiger partial charge in [-0.15, -0.1) is 12.4 Å². The molecule has 4 nitrogen and oxygen atoms in total. The summed E-state index contributed by atoms with van der Waals surface area (Å²) in [4.78, 5) is 28.9. The Balaban J connectivity index is 0.00000306. The van der Waals surface area contributed by atoms with Crippen molar-refractivity contribution < 1.29 is 14.3 Å². The smallest absolute Gasteiger partial charge is 0.228 e. The van der Waals surface area contributed by atoms with Gasteiger partial charge in [-0.2, -0.15) is 0 Å². The van der Waals surface area contributed by atoms with Crippen molar-refractivity contribution in [3.8, 4) is 0 Å². The van der Waals surface area contributed by atoms with E-state index >= 15 is 0 Å². The number of benzene rings is 2. The highest BCUT2D eigenvalue weighted by Gasteiger charge is 2.38. The molecule has 0 unspecified atom stereocenters. The predicted octanol–water partition coefficient (Wildman–Crippen LogP) is 6.34. The molecule has 0 saturated heterocycles. The first kappa shape index (κ1) is 25.5. The van der Waals surface area contributed by atoms with E-state index in [1.54, 1.807) is 18.2 Å². The Bertz CT molecular complexity index is 1020. The summed E-state index contributed by atoms with van der Waals surface area (Å²) >= 11 is 6.04. The van der Waals surface area contributed by atoms with E-state index in [2.05, 4.69) is 17.0 Å². The monoisotopic (exact) mass is 487 g/mol. The molecule has 4 rings (SSSR count). The van der Waals surface area contributed by atoms with Crippen LogP contribution < -0.4 is 0 Å². The van der Waals surface area contributed by atoms with Crippen LogP contribution in [0.15, 0.2) is 59.9 Å². The van der Waals surface area contributed by atoms with Crippen molar-refractivity contribution in [3.63, 3.8) is 0 Å². The molecule has 0 spiro atoms. The highest BCUT2D eigenvalue weighted by molar-refractivity contribution is 6.30. The molecule has 0 aromatic heterocycles. The number of carbonyl (C=O) groups is 2. The number of hydrogen-bond acceptors (Lipinski definition) is 4. The molecule has 2 aliphatic rings. The number of hydrogen-bond donors (Lipinski definition) is 0. The topological polar surface area (TPSA) is 46.6 Å². The number of ether oxygens (including phenoxy) is 1. The van der Waals surface area contributed by atoms with Crippen LogP contribution in [0, 0.1) is 5.92 Å². The Morgan fingerprint density at radius 1 is 0.879 bits per heavy atom. The zero-order chi connectivity index (χ0) is 22.7. The van der Waals surface area contributed by atoms with Gasteiger partial charge in [-0.25, -0.2) is 0 Å². The molecule has 1 fully saturated rings. The van der Waals surface area contributed by atoms with E-state index in [-0.39, 0.29) is 35.7 Å². The second kappa shape index (κ2) is 11.3. The third-order valence-electron chi connectivity index (χ3n) is 6.58. The molecule has 0 bridgehead atoms. The van der Waals surface area contributed by atoms with E-state index < -0.39 is 0 Å². The quantitative estimate of drug-likeness (QED) is 0.427. The number of ketones is 2. The van der Waals surface area contributed by atoms with Crippen LogP contribution in [0.1, 0.15) is 64.3 Å². The summed E-state index contributed by atoms with van der Waals surface area (Å²) in [6.45, 7) is 1.30. The number of Topliss-reactive ketones (excluding diaryl/α,β-unsaturated/α-hetero) is 2. The summed E-state index contributed by atoms with van der Waals surface area (Å²) in [5.74, 6) is 0.586. The summed E-state index contributed by atoms with van der Waals surface area (Å²) in [5.41, 5.74) is 2.85. The highest BCUT2D eigenvalue weighted by Crippen LogP contribution is 2.42. The molecule has 2 aromatic rings. The van der Waals surface area contributed by atoms with Gasteiger partial charge in [-0.1, -0.05) is 48.0 Å². The van der Waals surface area contributed by atoms with Crippen molar-refractivity contribution in [3.05, 3.63) is 81.6 Å². The van der Waals surface area contributed by atoms with Crippen LogP contribution in [0.3, 0.4) is 0 Å². The summed E-state index contributed by atoms with van der Waals surface area (Å²) < 4.78 is 6.03. The summed E-state index contributed by atoms with van der Waals surface area (Å²) in [6.07, 6.45) is 4.50. The fourth-order valence-electron chi connectivity index (χ4n) is 4.89. The van der Waals surface area contributed by atoms with E-state index in [9.17, 15) is 9.59 Å². The lowest BCUT2D eigenvalue weighted by atomic mass is 9.72. The maximum absolute atomic E-state index is 13.5. The van der Waals surface area contributed by atoms with Gasteiger partial charge < -0.3 is 9.64 Å². The molecule has 2 aromatic carbocycles. The van der Waals surface area contributed by atoms with Gasteiger partial charge in [0.25, 0.3) is 0 Å². The van der Waals surface area contributed by atoms with E-state index in [1.165, 1.54) is 5.56 Å². The molecule has 33 heavy (non-hydrogen) atoms. The Morgan fingerprint density at radius 3 is 2.06 bits per heavy atom. The van der Waals surface area contributed by atoms with Crippen LogP contribution >= 0.6 is 24.0 Å². The Kier molecular flexibility index (Phi) is 8.75. The van der Waals surface area contributed by atoms with Gasteiger partial charge in [-0.3, -0.25) is 9.59 Å². The third-order valence-corrected chi connectivity index (χ3v) is 6.84. The number of fused-ring (bicyclic) bond motifs is 1. The van der Waals surface area contributed by atoms with Crippen LogP contribution in [0.25, 0.3) is 0 Å². The third kappa shape index (κ3) is 5.68. The minimum atomic E-state index is -0.153. The first-order valence-corrected chi connectivity index (χ1v) is 11.8.